The van der Waals surface area contributed by atoms with Gasteiger partial charge in [0.25, 0.3) is 0 Å². The van der Waals surface area contributed by atoms with E-state index in [2.05, 4.69) is 169 Å². The van der Waals surface area contributed by atoms with Gasteiger partial charge >= 0.3 is 0 Å². The molecule has 0 atom stereocenters. The number of hydrogen-bond donors (Lipinski definition) is 0. The summed E-state index contributed by atoms with van der Waals surface area (Å²) in [6.07, 6.45) is 5.71. The van der Waals surface area contributed by atoms with Crippen molar-refractivity contribution >= 4 is 35.2 Å². The molecule has 4 heterocycles. The molecule has 6 aromatic carbocycles. The first-order valence-corrected chi connectivity index (χ1v) is 23.8. The average Bonchev–Trinajstić information content (AvgIpc) is 3.69. The standard InChI is InChI=1S/C30H21NO.C14H17NSi.C11H9N.Ir/c1-20-10-12-22(13-11-20)23-14-15-25-26-8-5-9-27(30(26)32-29(25)19-23)28-18-24(16-17-31-28)21-6-3-2-4-7-21;1-16(2,3)13-9-10-14(15-11-13)12-7-5-4-6-8-12;1-2-6-10(7-3-1)11-8-4-5-9-12-11;/h2-19H,1H3;4-11H,1-3H3;1-9H;. The fourth-order valence-corrected chi connectivity index (χ4v) is 8.11. The molecule has 0 saturated carbocycles. The molecule has 6 heteroatoms. The van der Waals surface area contributed by atoms with E-state index >= 15 is 0 Å². The maximum absolute atomic E-state index is 6.43. The smallest absolute Gasteiger partial charge is 0.144 e. The summed E-state index contributed by atoms with van der Waals surface area (Å²) in [7, 11) is -1.22. The molecule has 0 aliphatic rings. The Morgan fingerprint density at radius 3 is 1.59 bits per heavy atom. The van der Waals surface area contributed by atoms with E-state index in [4.69, 9.17) is 4.42 Å². The van der Waals surface area contributed by atoms with Crippen molar-refractivity contribution in [1.29, 1.82) is 0 Å². The molecule has 0 aliphatic carbocycles. The molecule has 4 nitrogen and oxygen atoms in total. The summed E-state index contributed by atoms with van der Waals surface area (Å²) in [5.41, 5.74) is 14.0. The molecule has 0 saturated heterocycles. The molecule has 0 spiro atoms. The summed E-state index contributed by atoms with van der Waals surface area (Å²) >= 11 is 0. The van der Waals surface area contributed by atoms with E-state index in [1.165, 1.54) is 27.4 Å². The second-order valence-corrected chi connectivity index (χ2v) is 20.9. The summed E-state index contributed by atoms with van der Waals surface area (Å²) in [5.74, 6) is 0. The van der Waals surface area contributed by atoms with E-state index in [1.54, 1.807) is 0 Å². The third-order valence-corrected chi connectivity index (χ3v) is 12.5. The fourth-order valence-electron chi connectivity index (χ4n) is 7.07. The van der Waals surface area contributed by atoms with Crippen LogP contribution in [0.5, 0.6) is 0 Å². The minimum absolute atomic E-state index is 0. The fraction of sp³-hybridized carbons (Fsp3) is 0.0727. The van der Waals surface area contributed by atoms with Crippen LogP contribution in [0, 0.1) is 6.92 Å². The van der Waals surface area contributed by atoms with Gasteiger partial charge in [0.05, 0.1) is 25.2 Å². The second kappa shape index (κ2) is 19.7. The molecule has 0 N–H and O–H groups in total. The van der Waals surface area contributed by atoms with Crippen LogP contribution in [-0.4, -0.2) is 23.0 Å². The first-order chi connectivity index (χ1) is 29.3. The van der Waals surface area contributed by atoms with E-state index in [0.717, 1.165) is 61.3 Å². The Balaban J connectivity index is 0.000000161. The van der Waals surface area contributed by atoms with Gasteiger partial charge in [-0.2, -0.15) is 0 Å². The molecule has 0 bridgehead atoms. The van der Waals surface area contributed by atoms with Gasteiger partial charge in [0.2, 0.25) is 0 Å². The molecule has 61 heavy (non-hydrogen) atoms. The number of para-hydroxylation sites is 1. The van der Waals surface area contributed by atoms with E-state index in [9.17, 15) is 0 Å². The minimum atomic E-state index is -1.22. The molecule has 10 aromatic rings. The number of pyridine rings is 3. The first kappa shape index (κ1) is 42.6. The van der Waals surface area contributed by atoms with Gasteiger partial charge in [-0.05, 0) is 82.9 Å². The van der Waals surface area contributed by atoms with Crippen LogP contribution in [0.15, 0.2) is 217 Å². The zero-order chi connectivity index (χ0) is 41.3. The number of furan rings is 1. The van der Waals surface area contributed by atoms with Crippen molar-refractivity contribution in [3.05, 3.63) is 218 Å². The molecule has 10 rings (SSSR count). The quantitative estimate of drug-likeness (QED) is 0.156. The third kappa shape index (κ3) is 10.4. The zero-order valence-electron chi connectivity index (χ0n) is 34.8. The topological polar surface area (TPSA) is 51.8 Å². The van der Waals surface area contributed by atoms with Crippen molar-refractivity contribution in [3.63, 3.8) is 0 Å². The van der Waals surface area contributed by atoms with E-state index in [-0.39, 0.29) is 20.1 Å². The normalized spacial score (nSPS) is 10.8. The Morgan fingerprint density at radius 2 is 0.984 bits per heavy atom. The van der Waals surface area contributed by atoms with Gasteiger partial charge < -0.3 is 4.42 Å². The number of rotatable bonds is 6. The summed E-state index contributed by atoms with van der Waals surface area (Å²) in [6.45, 7) is 9.12. The Morgan fingerprint density at radius 1 is 0.410 bits per heavy atom. The van der Waals surface area contributed by atoms with Gasteiger partial charge in [-0.1, -0.05) is 171 Å². The van der Waals surface area contributed by atoms with Gasteiger partial charge in [0.1, 0.15) is 11.2 Å². The predicted octanol–water partition coefficient (Wildman–Crippen LogP) is 14.3. The zero-order valence-corrected chi connectivity index (χ0v) is 38.2. The van der Waals surface area contributed by atoms with Gasteiger partial charge in [0.15, 0.2) is 0 Å². The largest absolute Gasteiger partial charge is 0.455 e. The van der Waals surface area contributed by atoms with Gasteiger partial charge in [-0.25, -0.2) is 0 Å². The van der Waals surface area contributed by atoms with Crippen LogP contribution in [0.25, 0.3) is 78.0 Å². The van der Waals surface area contributed by atoms with Crippen LogP contribution in [0.2, 0.25) is 19.6 Å². The molecule has 1 radical (unpaired) electrons. The third-order valence-electron chi connectivity index (χ3n) is 10.5. The molecular weight excluding hydrogens is 939 g/mol. The first-order valence-electron chi connectivity index (χ1n) is 20.3. The Bertz CT molecular complexity index is 2890. The van der Waals surface area contributed by atoms with Crippen molar-refractivity contribution in [2.24, 2.45) is 0 Å². The maximum atomic E-state index is 6.43. The predicted molar refractivity (Wildman–Crippen MR) is 255 cm³/mol. The van der Waals surface area contributed by atoms with Crippen LogP contribution in [-0.2, 0) is 20.1 Å². The summed E-state index contributed by atoms with van der Waals surface area (Å²) < 4.78 is 6.43. The number of aromatic nitrogens is 3. The molecular formula is C55H47IrN3OSi. The van der Waals surface area contributed by atoms with Crippen LogP contribution in [0.1, 0.15) is 5.56 Å². The number of fused-ring (bicyclic) bond motifs is 3. The average molecular weight is 986 g/mol. The molecule has 0 aliphatic heterocycles. The minimum Gasteiger partial charge on any atom is -0.455 e. The van der Waals surface area contributed by atoms with Crippen molar-refractivity contribution in [2.75, 3.05) is 0 Å². The summed E-state index contributed by atoms with van der Waals surface area (Å²) in [4.78, 5) is 13.5. The summed E-state index contributed by atoms with van der Waals surface area (Å²) in [6, 6.07) is 66.7. The number of aryl methyl sites for hydroxylation is 1. The van der Waals surface area contributed by atoms with Crippen LogP contribution < -0.4 is 5.19 Å². The number of hydrogen-bond acceptors (Lipinski definition) is 4. The van der Waals surface area contributed by atoms with Crippen molar-refractivity contribution in [2.45, 2.75) is 26.6 Å². The Hall–Kier alpha value is -6.56. The number of nitrogens with zero attached hydrogens (tertiary/aromatic N) is 3. The second-order valence-electron chi connectivity index (χ2n) is 15.8. The molecule has 0 unspecified atom stereocenters. The van der Waals surface area contributed by atoms with E-state index in [0.29, 0.717) is 0 Å². The number of benzene rings is 6. The van der Waals surface area contributed by atoms with Crippen LogP contribution >= 0.6 is 0 Å². The van der Waals surface area contributed by atoms with E-state index < -0.39 is 8.07 Å². The molecule has 0 fully saturated rings. The van der Waals surface area contributed by atoms with Crippen molar-refractivity contribution in [1.82, 2.24) is 15.0 Å². The van der Waals surface area contributed by atoms with Crippen molar-refractivity contribution < 1.29 is 24.5 Å². The van der Waals surface area contributed by atoms with Gasteiger partial charge in [-0.15, -0.1) is 0 Å². The SMILES string of the molecule is C[Si](C)(C)c1ccc(-c2ccccc2)nc1.Cc1ccc(-c2ccc3c(c2)oc2c(-c4cc(-c5ccccc5)ccn4)cccc23)cc1.[Ir].c1ccc(-c2ccccn2)cc1. The molecule has 0 amide bonds. The van der Waals surface area contributed by atoms with Gasteiger partial charge in [-0.3, -0.25) is 15.0 Å². The Kier molecular flexibility index (Phi) is 13.7. The van der Waals surface area contributed by atoms with Gasteiger partial charge in [0, 0.05) is 66.2 Å². The molecule has 301 valence electrons. The monoisotopic (exact) mass is 986 g/mol. The molecule has 4 aromatic heterocycles. The Labute approximate surface area is 373 Å². The van der Waals surface area contributed by atoms with Crippen LogP contribution in [0.4, 0.5) is 0 Å². The summed E-state index contributed by atoms with van der Waals surface area (Å²) in [5, 5.41) is 3.64. The maximum Gasteiger partial charge on any atom is 0.144 e. The van der Waals surface area contributed by atoms with Crippen LogP contribution in [0.3, 0.4) is 0 Å². The van der Waals surface area contributed by atoms with E-state index in [1.807, 2.05) is 85.3 Å². The van der Waals surface area contributed by atoms with Crippen molar-refractivity contribution in [3.8, 4) is 56.0 Å².